The van der Waals surface area contributed by atoms with Crippen LogP contribution in [0.25, 0.3) is 11.4 Å². The summed E-state index contributed by atoms with van der Waals surface area (Å²) in [6.45, 7) is 2.19. The van der Waals surface area contributed by atoms with Crippen molar-refractivity contribution in [2.45, 2.75) is 25.8 Å². The maximum Gasteiger partial charge on any atom is 0.182 e. The van der Waals surface area contributed by atoms with Crippen molar-refractivity contribution >= 4 is 17.3 Å². The van der Waals surface area contributed by atoms with Gasteiger partial charge in [-0.2, -0.15) is 0 Å². The molecule has 18 heavy (non-hydrogen) atoms. The molecule has 0 amide bonds. The number of tetrazole rings is 1. The Morgan fingerprint density at radius 2 is 2.28 bits per heavy atom. The van der Waals surface area contributed by atoms with E-state index >= 15 is 0 Å². The molecule has 0 spiro atoms. The summed E-state index contributed by atoms with van der Waals surface area (Å²) in [7, 11) is 0. The first kappa shape index (κ1) is 11.5. The van der Waals surface area contributed by atoms with E-state index in [2.05, 4.69) is 22.4 Å². The van der Waals surface area contributed by atoms with E-state index in [4.69, 9.17) is 17.3 Å². The van der Waals surface area contributed by atoms with Gasteiger partial charge in [0.15, 0.2) is 5.82 Å². The Labute approximate surface area is 110 Å². The van der Waals surface area contributed by atoms with Crippen LogP contribution in [0.15, 0.2) is 18.2 Å². The van der Waals surface area contributed by atoms with E-state index in [9.17, 15) is 0 Å². The van der Waals surface area contributed by atoms with Crippen molar-refractivity contribution in [3.05, 3.63) is 23.2 Å². The SMILES string of the molecule is CCC1CC1n1nnnc1-c1cc(N)cc(Cl)c1. The molecule has 1 aromatic heterocycles. The summed E-state index contributed by atoms with van der Waals surface area (Å²) in [4.78, 5) is 0. The van der Waals surface area contributed by atoms with Gasteiger partial charge in [-0.15, -0.1) is 5.10 Å². The molecule has 94 valence electrons. The highest BCUT2D eigenvalue weighted by Gasteiger charge is 2.39. The molecule has 5 nitrogen and oxygen atoms in total. The fourth-order valence-electron chi connectivity index (χ4n) is 2.32. The largest absolute Gasteiger partial charge is 0.399 e. The van der Waals surface area contributed by atoms with Crippen molar-refractivity contribution in [1.29, 1.82) is 0 Å². The first-order valence-corrected chi connectivity index (χ1v) is 6.41. The normalized spacial score (nSPS) is 22.1. The minimum atomic E-state index is 0.417. The van der Waals surface area contributed by atoms with Crippen molar-refractivity contribution in [1.82, 2.24) is 20.2 Å². The Bertz CT molecular complexity index is 559. The number of hydrogen-bond donors (Lipinski definition) is 1. The number of hydrogen-bond acceptors (Lipinski definition) is 4. The molecule has 2 unspecified atom stereocenters. The second-order valence-electron chi connectivity index (χ2n) is 4.69. The molecule has 2 N–H and O–H groups in total. The standard InChI is InChI=1S/C12H14ClN5/c1-2-7-5-11(7)18-12(15-16-17-18)8-3-9(13)6-10(14)4-8/h3-4,6-7,11H,2,5,14H2,1H3. The summed E-state index contributed by atoms with van der Waals surface area (Å²) in [5, 5.41) is 12.5. The second-order valence-corrected chi connectivity index (χ2v) is 5.13. The molecule has 1 aliphatic carbocycles. The first-order chi connectivity index (χ1) is 8.69. The molecule has 0 saturated heterocycles. The summed E-state index contributed by atoms with van der Waals surface area (Å²) >= 11 is 6.01. The van der Waals surface area contributed by atoms with Crippen LogP contribution in [0.3, 0.4) is 0 Å². The van der Waals surface area contributed by atoms with Crippen molar-refractivity contribution in [2.24, 2.45) is 5.92 Å². The molecule has 3 rings (SSSR count). The molecule has 1 fully saturated rings. The molecule has 1 heterocycles. The van der Waals surface area contributed by atoms with Gasteiger partial charge in [0.2, 0.25) is 0 Å². The molecule has 0 radical (unpaired) electrons. The summed E-state index contributed by atoms with van der Waals surface area (Å²) in [5.41, 5.74) is 7.29. The van der Waals surface area contributed by atoms with Crippen LogP contribution in [0.1, 0.15) is 25.8 Å². The van der Waals surface area contributed by atoms with Crippen LogP contribution in [0.2, 0.25) is 5.02 Å². The van der Waals surface area contributed by atoms with Crippen LogP contribution in [0.4, 0.5) is 5.69 Å². The van der Waals surface area contributed by atoms with E-state index < -0.39 is 0 Å². The third-order valence-corrected chi connectivity index (χ3v) is 3.61. The monoisotopic (exact) mass is 263 g/mol. The topological polar surface area (TPSA) is 69.6 Å². The van der Waals surface area contributed by atoms with Crippen molar-refractivity contribution in [3.63, 3.8) is 0 Å². The lowest BCUT2D eigenvalue weighted by molar-refractivity contribution is 0.563. The van der Waals surface area contributed by atoms with E-state index in [1.165, 1.54) is 0 Å². The lowest BCUT2D eigenvalue weighted by atomic mass is 10.2. The van der Waals surface area contributed by atoms with E-state index in [1.807, 2.05) is 16.8 Å². The number of aromatic nitrogens is 4. The lowest BCUT2D eigenvalue weighted by Gasteiger charge is -2.05. The number of benzene rings is 1. The van der Waals surface area contributed by atoms with Crippen LogP contribution < -0.4 is 5.73 Å². The number of rotatable bonds is 3. The van der Waals surface area contributed by atoms with Gasteiger partial charge in [0.05, 0.1) is 6.04 Å². The Morgan fingerprint density at radius 3 is 2.94 bits per heavy atom. The zero-order valence-corrected chi connectivity index (χ0v) is 10.8. The molecule has 2 atom stereocenters. The molecule has 1 aromatic carbocycles. The molecule has 0 aliphatic heterocycles. The second kappa shape index (κ2) is 4.24. The van der Waals surface area contributed by atoms with Crippen LogP contribution >= 0.6 is 11.6 Å². The first-order valence-electron chi connectivity index (χ1n) is 6.03. The average Bonchev–Trinajstić information content (AvgIpc) is 2.95. The molecular formula is C12H14ClN5. The van der Waals surface area contributed by atoms with E-state index in [0.29, 0.717) is 22.7 Å². The quantitative estimate of drug-likeness (QED) is 0.864. The molecule has 2 aromatic rings. The van der Waals surface area contributed by atoms with Crippen LogP contribution in [0, 0.1) is 5.92 Å². The maximum absolute atomic E-state index is 6.01. The van der Waals surface area contributed by atoms with Gasteiger partial charge in [0.25, 0.3) is 0 Å². The fourth-order valence-corrected chi connectivity index (χ4v) is 2.56. The highest BCUT2D eigenvalue weighted by molar-refractivity contribution is 6.31. The summed E-state index contributed by atoms with van der Waals surface area (Å²) in [6, 6.07) is 5.81. The van der Waals surface area contributed by atoms with E-state index in [1.54, 1.807) is 6.07 Å². The summed E-state index contributed by atoms with van der Waals surface area (Å²) in [5.74, 6) is 1.42. The van der Waals surface area contributed by atoms with Gasteiger partial charge in [-0.3, -0.25) is 0 Å². The average molecular weight is 264 g/mol. The van der Waals surface area contributed by atoms with Gasteiger partial charge in [-0.1, -0.05) is 24.9 Å². The number of halogens is 1. The molecule has 0 bridgehead atoms. The third kappa shape index (κ3) is 1.95. The van der Waals surface area contributed by atoms with Gasteiger partial charge in [-0.05, 0) is 41.0 Å². The fraction of sp³-hybridized carbons (Fsp3) is 0.417. The highest BCUT2D eigenvalue weighted by Crippen LogP contribution is 2.46. The van der Waals surface area contributed by atoms with Crippen LogP contribution in [-0.4, -0.2) is 20.2 Å². The van der Waals surface area contributed by atoms with Crippen molar-refractivity contribution in [2.75, 3.05) is 5.73 Å². The molecule has 1 saturated carbocycles. The maximum atomic E-state index is 6.01. The number of anilines is 1. The number of nitrogen functional groups attached to an aromatic ring is 1. The minimum absolute atomic E-state index is 0.417. The minimum Gasteiger partial charge on any atom is -0.399 e. The predicted octanol–water partition coefficient (Wildman–Crippen LogP) is 2.55. The predicted molar refractivity (Wildman–Crippen MR) is 70.1 cm³/mol. The van der Waals surface area contributed by atoms with E-state index in [0.717, 1.165) is 24.2 Å². The lowest BCUT2D eigenvalue weighted by Crippen LogP contribution is -2.02. The van der Waals surface area contributed by atoms with Gasteiger partial charge in [0.1, 0.15) is 0 Å². The Balaban J connectivity index is 2.00. The Hall–Kier alpha value is -1.62. The van der Waals surface area contributed by atoms with Gasteiger partial charge in [0, 0.05) is 16.3 Å². The number of nitrogens with two attached hydrogens (primary N) is 1. The summed E-state index contributed by atoms with van der Waals surface area (Å²) < 4.78 is 1.89. The van der Waals surface area contributed by atoms with Crippen LogP contribution in [0.5, 0.6) is 0 Å². The van der Waals surface area contributed by atoms with Gasteiger partial charge in [-0.25, -0.2) is 4.68 Å². The Morgan fingerprint density at radius 1 is 1.44 bits per heavy atom. The molecule has 1 aliphatic rings. The van der Waals surface area contributed by atoms with Crippen molar-refractivity contribution in [3.8, 4) is 11.4 Å². The summed E-state index contributed by atoms with van der Waals surface area (Å²) in [6.07, 6.45) is 2.30. The molecule has 6 heteroatoms. The zero-order valence-electron chi connectivity index (χ0n) is 10.0. The van der Waals surface area contributed by atoms with E-state index in [-0.39, 0.29) is 0 Å². The van der Waals surface area contributed by atoms with Gasteiger partial charge < -0.3 is 5.73 Å². The van der Waals surface area contributed by atoms with Crippen LogP contribution in [-0.2, 0) is 0 Å². The third-order valence-electron chi connectivity index (χ3n) is 3.39. The molecular weight excluding hydrogens is 250 g/mol. The van der Waals surface area contributed by atoms with Crippen molar-refractivity contribution < 1.29 is 0 Å². The number of nitrogens with zero attached hydrogens (tertiary/aromatic N) is 4. The smallest absolute Gasteiger partial charge is 0.182 e. The Kier molecular flexibility index (Phi) is 2.70. The zero-order chi connectivity index (χ0) is 12.7. The highest BCUT2D eigenvalue weighted by atomic mass is 35.5. The van der Waals surface area contributed by atoms with Gasteiger partial charge >= 0.3 is 0 Å².